The highest BCUT2D eigenvalue weighted by Gasteiger charge is 2.10. The maximum absolute atomic E-state index is 12.4. The van der Waals surface area contributed by atoms with Crippen molar-refractivity contribution in [1.82, 2.24) is 14.8 Å². The molecular formula is C20H20N6O. The van der Waals surface area contributed by atoms with Crippen LogP contribution in [0.2, 0.25) is 0 Å². The van der Waals surface area contributed by atoms with E-state index in [0.29, 0.717) is 17.1 Å². The summed E-state index contributed by atoms with van der Waals surface area (Å²) in [6, 6.07) is 15.0. The number of aryl methyl sites for hydroxylation is 2. The quantitative estimate of drug-likeness (QED) is 0.756. The number of carbonyl (C=O) groups excluding carboxylic acids is 1. The second kappa shape index (κ2) is 7.70. The topological polar surface area (TPSA) is 86.8 Å². The van der Waals surface area contributed by atoms with Crippen LogP contribution in [-0.4, -0.2) is 34.3 Å². The lowest BCUT2D eigenvalue weighted by Crippen LogP contribution is -2.30. The minimum atomic E-state index is -0.158. The van der Waals surface area contributed by atoms with Gasteiger partial charge in [-0.15, -0.1) is 0 Å². The standard InChI is InChI=1S/C20H20N6O/c1-14-9-15(2)26(24-14)18-6-4-5-17(10-18)23-20(27)13-25(3)19-8-7-16(11-21)12-22-19/h4-10,12H,13H2,1-3H3,(H,23,27). The Bertz CT molecular complexity index is 1000. The van der Waals surface area contributed by atoms with Gasteiger partial charge < -0.3 is 10.2 Å². The number of carbonyl (C=O) groups is 1. The molecule has 136 valence electrons. The molecule has 0 radical (unpaired) electrons. The van der Waals surface area contributed by atoms with Crippen molar-refractivity contribution in [3.63, 3.8) is 0 Å². The van der Waals surface area contributed by atoms with Crippen molar-refractivity contribution in [1.29, 1.82) is 5.26 Å². The first-order chi connectivity index (χ1) is 13.0. The van der Waals surface area contributed by atoms with Crippen LogP contribution in [0, 0.1) is 25.2 Å². The molecule has 7 heteroatoms. The fourth-order valence-electron chi connectivity index (χ4n) is 2.78. The van der Waals surface area contributed by atoms with Crippen molar-refractivity contribution >= 4 is 17.4 Å². The first-order valence-electron chi connectivity index (χ1n) is 8.47. The largest absolute Gasteiger partial charge is 0.350 e. The number of benzene rings is 1. The third kappa shape index (κ3) is 4.30. The van der Waals surface area contributed by atoms with Crippen LogP contribution in [0.1, 0.15) is 17.0 Å². The molecule has 7 nitrogen and oxygen atoms in total. The third-order valence-electron chi connectivity index (χ3n) is 4.03. The summed E-state index contributed by atoms with van der Waals surface area (Å²) in [6.45, 7) is 4.08. The SMILES string of the molecule is Cc1cc(C)n(-c2cccc(NC(=O)CN(C)c3ccc(C#N)cn3)c2)n1. The van der Waals surface area contributed by atoms with Crippen LogP contribution in [0.3, 0.4) is 0 Å². The molecule has 0 saturated heterocycles. The summed E-state index contributed by atoms with van der Waals surface area (Å²) in [4.78, 5) is 18.3. The normalized spacial score (nSPS) is 10.3. The zero-order valence-electron chi connectivity index (χ0n) is 15.5. The van der Waals surface area contributed by atoms with E-state index in [1.165, 1.54) is 6.20 Å². The highest BCUT2D eigenvalue weighted by atomic mass is 16.2. The molecular weight excluding hydrogens is 340 g/mol. The molecule has 1 aromatic carbocycles. The van der Waals surface area contributed by atoms with Gasteiger partial charge in [-0.2, -0.15) is 10.4 Å². The monoisotopic (exact) mass is 360 g/mol. The Balaban J connectivity index is 1.68. The average molecular weight is 360 g/mol. The number of nitriles is 1. The van der Waals surface area contributed by atoms with Gasteiger partial charge in [0.15, 0.2) is 0 Å². The molecule has 3 aromatic rings. The molecule has 0 fully saturated rings. The summed E-state index contributed by atoms with van der Waals surface area (Å²) >= 11 is 0. The summed E-state index contributed by atoms with van der Waals surface area (Å²) < 4.78 is 1.85. The molecule has 0 bridgehead atoms. The van der Waals surface area contributed by atoms with Crippen molar-refractivity contribution in [3.05, 3.63) is 65.6 Å². The van der Waals surface area contributed by atoms with Crippen molar-refractivity contribution in [3.8, 4) is 11.8 Å². The molecule has 0 unspecified atom stereocenters. The minimum Gasteiger partial charge on any atom is -0.350 e. The summed E-state index contributed by atoms with van der Waals surface area (Å²) in [6.07, 6.45) is 1.49. The van der Waals surface area contributed by atoms with Crippen LogP contribution in [0.15, 0.2) is 48.7 Å². The van der Waals surface area contributed by atoms with Crippen LogP contribution in [0.4, 0.5) is 11.5 Å². The third-order valence-corrected chi connectivity index (χ3v) is 4.03. The van der Waals surface area contributed by atoms with Gasteiger partial charge in [0, 0.05) is 24.6 Å². The molecule has 0 saturated carbocycles. The van der Waals surface area contributed by atoms with Crippen LogP contribution in [0.25, 0.3) is 5.69 Å². The number of hydrogen-bond acceptors (Lipinski definition) is 5. The van der Waals surface area contributed by atoms with E-state index in [-0.39, 0.29) is 12.5 Å². The van der Waals surface area contributed by atoms with E-state index in [2.05, 4.69) is 15.4 Å². The molecule has 0 spiro atoms. The maximum Gasteiger partial charge on any atom is 0.243 e. The van der Waals surface area contributed by atoms with Crippen LogP contribution in [-0.2, 0) is 4.79 Å². The Labute approximate surface area is 157 Å². The number of pyridine rings is 1. The lowest BCUT2D eigenvalue weighted by molar-refractivity contribution is -0.114. The summed E-state index contributed by atoms with van der Waals surface area (Å²) in [5.74, 6) is 0.467. The van der Waals surface area contributed by atoms with Gasteiger partial charge in [-0.3, -0.25) is 4.79 Å². The number of anilines is 2. The number of rotatable bonds is 5. The lowest BCUT2D eigenvalue weighted by Gasteiger charge is -2.17. The second-order valence-electron chi connectivity index (χ2n) is 6.31. The van der Waals surface area contributed by atoms with Gasteiger partial charge in [-0.1, -0.05) is 6.07 Å². The van der Waals surface area contributed by atoms with E-state index in [1.807, 2.05) is 54.9 Å². The molecule has 1 N–H and O–H groups in total. The van der Waals surface area contributed by atoms with Crippen molar-refractivity contribution in [2.45, 2.75) is 13.8 Å². The molecule has 3 rings (SSSR count). The van der Waals surface area contributed by atoms with Crippen LogP contribution >= 0.6 is 0 Å². The molecule has 2 aromatic heterocycles. The van der Waals surface area contributed by atoms with Crippen LogP contribution in [0.5, 0.6) is 0 Å². The zero-order chi connectivity index (χ0) is 19.4. The summed E-state index contributed by atoms with van der Waals surface area (Å²) in [5, 5.41) is 16.2. The molecule has 0 aliphatic carbocycles. The van der Waals surface area contributed by atoms with Crippen LogP contribution < -0.4 is 10.2 Å². The smallest absolute Gasteiger partial charge is 0.243 e. The highest BCUT2D eigenvalue weighted by Crippen LogP contribution is 2.17. The lowest BCUT2D eigenvalue weighted by atomic mass is 10.2. The molecule has 0 atom stereocenters. The van der Waals surface area contributed by atoms with Crippen molar-refractivity contribution in [2.24, 2.45) is 0 Å². The fraction of sp³-hybridized carbons (Fsp3) is 0.200. The van der Waals surface area contributed by atoms with E-state index in [4.69, 9.17) is 5.26 Å². The zero-order valence-corrected chi connectivity index (χ0v) is 15.5. The second-order valence-corrected chi connectivity index (χ2v) is 6.31. The Hall–Kier alpha value is -3.66. The number of amides is 1. The van der Waals surface area contributed by atoms with E-state index in [1.54, 1.807) is 24.1 Å². The molecule has 0 aliphatic rings. The molecule has 1 amide bonds. The fourth-order valence-corrected chi connectivity index (χ4v) is 2.78. The summed E-state index contributed by atoms with van der Waals surface area (Å²) in [5.41, 5.74) is 4.05. The minimum absolute atomic E-state index is 0.142. The Morgan fingerprint density at radius 3 is 2.70 bits per heavy atom. The maximum atomic E-state index is 12.4. The van der Waals surface area contributed by atoms with Gasteiger partial charge in [0.2, 0.25) is 5.91 Å². The number of nitrogens with one attached hydrogen (secondary N) is 1. The van der Waals surface area contributed by atoms with Gasteiger partial charge in [0.05, 0.1) is 23.5 Å². The van der Waals surface area contributed by atoms with Crippen molar-refractivity contribution in [2.75, 3.05) is 23.8 Å². The van der Waals surface area contributed by atoms with Gasteiger partial charge >= 0.3 is 0 Å². The Morgan fingerprint density at radius 2 is 2.07 bits per heavy atom. The Morgan fingerprint density at radius 1 is 1.26 bits per heavy atom. The highest BCUT2D eigenvalue weighted by molar-refractivity contribution is 5.94. The number of likely N-dealkylation sites (N-methyl/N-ethyl adjacent to an activating group) is 1. The van der Waals surface area contributed by atoms with E-state index < -0.39 is 0 Å². The predicted molar refractivity (Wildman–Crippen MR) is 104 cm³/mol. The molecule has 27 heavy (non-hydrogen) atoms. The molecule has 2 heterocycles. The number of nitrogens with zero attached hydrogens (tertiary/aromatic N) is 5. The van der Waals surface area contributed by atoms with Gasteiger partial charge in [-0.05, 0) is 50.2 Å². The first kappa shape index (κ1) is 18.1. The number of aromatic nitrogens is 3. The van der Waals surface area contributed by atoms with Gasteiger partial charge in [0.1, 0.15) is 11.9 Å². The Kier molecular flexibility index (Phi) is 5.18. The first-order valence-corrected chi connectivity index (χ1v) is 8.47. The number of hydrogen-bond donors (Lipinski definition) is 1. The van der Waals surface area contributed by atoms with E-state index in [0.717, 1.165) is 17.1 Å². The summed E-state index contributed by atoms with van der Waals surface area (Å²) in [7, 11) is 1.78. The van der Waals surface area contributed by atoms with E-state index in [9.17, 15) is 4.79 Å². The predicted octanol–water partition coefficient (Wildman–Crippen LogP) is 2.83. The van der Waals surface area contributed by atoms with E-state index >= 15 is 0 Å². The van der Waals surface area contributed by atoms with Gasteiger partial charge in [0.25, 0.3) is 0 Å². The van der Waals surface area contributed by atoms with Crippen molar-refractivity contribution < 1.29 is 4.79 Å². The average Bonchev–Trinajstić information content (AvgIpc) is 3.00. The molecule has 0 aliphatic heterocycles. The van der Waals surface area contributed by atoms with Gasteiger partial charge in [-0.25, -0.2) is 9.67 Å².